The Hall–Kier alpha value is -1.78. The third kappa shape index (κ3) is 3.40. The van der Waals surface area contributed by atoms with Gasteiger partial charge in [0.05, 0.1) is 10.6 Å². The van der Waals surface area contributed by atoms with Crippen molar-refractivity contribution in [2.75, 3.05) is 24.3 Å². The Bertz CT molecular complexity index is 627. The number of hydrogen-bond acceptors (Lipinski definition) is 3. The summed E-state index contributed by atoms with van der Waals surface area (Å²) >= 11 is 11.5. The number of hydrogen-bond donors (Lipinski definition) is 1. The van der Waals surface area contributed by atoms with Gasteiger partial charge in [-0.15, -0.1) is 0 Å². The lowest BCUT2D eigenvalue weighted by Gasteiger charge is -2.13. The third-order valence-corrected chi connectivity index (χ3v) is 3.39. The fourth-order valence-corrected chi connectivity index (χ4v) is 1.86. The van der Waals surface area contributed by atoms with Crippen LogP contribution in [-0.4, -0.2) is 25.0 Å². The van der Waals surface area contributed by atoms with E-state index in [0.717, 1.165) is 5.69 Å². The summed E-state index contributed by atoms with van der Waals surface area (Å²) in [5.41, 5.74) is 2.11. The molecule has 0 aliphatic rings. The minimum atomic E-state index is -0.284. The van der Waals surface area contributed by atoms with E-state index in [2.05, 4.69) is 10.3 Å². The lowest BCUT2D eigenvalue weighted by molar-refractivity contribution is 0.102. The van der Waals surface area contributed by atoms with E-state index >= 15 is 0 Å². The number of carbonyl (C=O) groups is 1. The van der Waals surface area contributed by atoms with Crippen LogP contribution in [0.1, 0.15) is 10.4 Å². The SMILES string of the molecule is CN(C)c1ccc(NC(=O)c2cnc(Cl)c(Cl)c2)cc1. The van der Waals surface area contributed by atoms with Gasteiger partial charge in [-0.2, -0.15) is 0 Å². The van der Waals surface area contributed by atoms with Crippen molar-refractivity contribution in [3.8, 4) is 0 Å². The Morgan fingerprint density at radius 1 is 1.20 bits per heavy atom. The highest BCUT2D eigenvalue weighted by atomic mass is 35.5. The molecule has 1 N–H and O–H groups in total. The Balaban J connectivity index is 2.12. The molecule has 0 fully saturated rings. The molecule has 0 bridgehead atoms. The average molecular weight is 310 g/mol. The normalized spacial score (nSPS) is 10.2. The second kappa shape index (κ2) is 6.11. The number of halogens is 2. The predicted octanol–water partition coefficient (Wildman–Crippen LogP) is 3.71. The lowest BCUT2D eigenvalue weighted by Crippen LogP contribution is -2.13. The van der Waals surface area contributed by atoms with E-state index in [9.17, 15) is 4.79 Å². The first kappa shape index (κ1) is 14.6. The lowest BCUT2D eigenvalue weighted by atomic mass is 10.2. The summed E-state index contributed by atoms with van der Waals surface area (Å²) in [6.45, 7) is 0. The second-order valence-electron chi connectivity index (χ2n) is 4.39. The fraction of sp³-hybridized carbons (Fsp3) is 0.143. The summed E-state index contributed by atoms with van der Waals surface area (Å²) in [4.78, 5) is 17.9. The molecule has 0 saturated heterocycles. The topological polar surface area (TPSA) is 45.2 Å². The van der Waals surface area contributed by atoms with Gasteiger partial charge in [0.15, 0.2) is 0 Å². The van der Waals surface area contributed by atoms with Gasteiger partial charge in [-0.05, 0) is 30.3 Å². The molecule has 0 atom stereocenters. The fourth-order valence-electron chi connectivity index (χ4n) is 1.59. The number of rotatable bonds is 3. The summed E-state index contributed by atoms with van der Waals surface area (Å²) in [5, 5.41) is 3.20. The van der Waals surface area contributed by atoms with Crippen molar-refractivity contribution >= 4 is 40.5 Å². The number of nitrogens with one attached hydrogen (secondary N) is 1. The molecule has 1 aromatic heterocycles. The largest absolute Gasteiger partial charge is 0.378 e. The predicted molar refractivity (Wildman–Crippen MR) is 83.0 cm³/mol. The van der Waals surface area contributed by atoms with E-state index in [-0.39, 0.29) is 16.1 Å². The summed E-state index contributed by atoms with van der Waals surface area (Å²) in [6.07, 6.45) is 1.39. The molecular weight excluding hydrogens is 297 g/mol. The van der Waals surface area contributed by atoms with Crippen LogP contribution in [0.2, 0.25) is 10.2 Å². The maximum Gasteiger partial charge on any atom is 0.257 e. The number of benzene rings is 1. The second-order valence-corrected chi connectivity index (χ2v) is 5.16. The minimum Gasteiger partial charge on any atom is -0.378 e. The van der Waals surface area contributed by atoms with Crippen molar-refractivity contribution in [1.82, 2.24) is 4.98 Å². The van der Waals surface area contributed by atoms with Gasteiger partial charge in [0.2, 0.25) is 0 Å². The van der Waals surface area contributed by atoms with Crippen molar-refractivity contribution in [3.05, 3.63) is 52.3 Å². The molecule has 1 heterocycles. The highest BCUT2D eigenvalue weighted by Crippen LogP contribution is 2.21. The third-order valence-electron chi connectivity index (χ3n) is 2.70. The molecule has 2 aromatic rings. The van der Waals surface area contributed by atoms with Crippen LogP contribution in [0.3, 0.4) is 0 Å². The molecule has 104 valence electrons. The van der Waals surface area contributed by atoms with E-state index in [0.29, 0.717) is 11.3 Å². The highest BCUT2D eigenvalue weighted by molar-refractivity contribution is 6.41. The molecule has 2 rings (SSSR count). The van der Waals surface area contributed by atoms with Crippen molar-refractivity contribution in [2.24, 2.45) is 0 Å². The number of carbonyl (C=O) groups excluding carboxylic acids is 1. The zero-order valence-corrected chi connectivity index (χ0v) is 12.5. The van der Waals surface area contributed by atoms with Crippen molar-refractivity contribution in [1.29, 1.82) is 0 Å². The summed E-state index contributed by atoms with van der Waals surface area (Å²) < 4.78 is 0. The molecule has 20 heavy (non-hydrogen) atoms. The first-order chi connectivity index (χ1) is 9.47. The molecule has 0 aliphatic carbocycles. The quantitative estimate of drug-likeness (QED) is 0.879. The minimum absolute atomic E-state index is 0.179. The van der Waals surface area contributed by atoms with Crippen LogP contribution in [0.15, 0.2) is 36.5 Å². The number of aromatic nitrogens is 1. The first-order valence-corrected chi connectivity index (χ1v) is 6.63. The van der Waals surface area contributed by atoms with Crippen LogP contribution in [-0.2, 0) is 0 Å². The smallest absolute Gasteiger partial charge is 0.257 e. The number of pyridine rings is 1. The zero-order valence-electron chi connectivity index (χ0n) is 11.0. The Labute approximate surface area is 127 Å². The molecule has 0 unspecified atom stereocenters. The van der Waals surface area contributed by atoms with Gasteiger partial charge in [0, 0.05) is 31.7 Å². The van der Waals surface area contributed by atoms with Crippen LogP contribution >= 0.6 is 23.2 Å². The van der Waals surface area contributed by atoms with Crippen LogP contribution in [0.25, 0.3) is 0 Å². The van der Waals surface area contributed by atoms with Gasteiger partial charge in [-0.25, -0.2) is 4.98 Å². The monoisotopic (exact) mass is 309 g/mol. The molecule has 1 amide bonds. The van der Waals surface area contributed by atoms with Gasteiger partial charge < -0.3 is 10.2 Å². The Morgan fingerprint density at radius 3 is 2.40 bits per heavy atom. The zero-order chi connectivity index (χ0) is 14.7. The number of anilines is 2. The molecule has 1 aromatic carbocycles. The molecule has 6 heteroatoms. The van der Waals surface area contributed by atoms with Crippen LogP contribution < -0.4 is 10.2 Å². The van der Waals surface area contributed by atoms with Gasteiger partial charge >= 0.3 is 0 Å². The number of amides is 1. The van der Waals surface area contributed by atoms with E-state index in [1.165, 1.54) is 12.3 Å². The molecule has 4 nitrogen and oxygen atoms in total. The summed E-state index contributed by atoms with van der Waals surface area (Å²) in [5.74, 6) is -0.284. The molecule has 0 spiro atoms. The molecule has 0 saturated carbocycles. The maximum atomic E-state index is 12.0. The van der Waals surface area contributed by atoms with E-state index in [1.54, 1.807) is 0 Å². The van der Waals surface area contributed by atoms with Crippen molar-refractivity contribution in [3.63, 3.8) is 0 Å². The standard InChI is InChI=1S/C14H13Cl2N3O/c1-19(2)11-5-3-10(4-6-11)18-14(20)9-7-12(15)13(16)17-8-9/h3-8H,1-2H3,(H,18,20). The van der Waals surface area contributed by atoms with Gasteiger partial charge in [0.25, 0.3) is 5.91 Å². The summed E-state index contributed by atoms with van der Waals surface area (Å²) in [6, 6.07) is 8.99. The van der Waals surface area contributed by atoms with E-state index in [1.807, 2.05) is 43.3 Å². The van der Waals surface area contributed by atoms with Crippen LogP contribution in [0.4, 0.5) is 11.4 Å². The molecule has 0 aliphatic heterocycles. The van der Waals surface area contributed by atoms with Gasteiger partial charge in [-0.1, -0.05) is 23.2 Å². The van der Waals surface area contributed by atoms with Crippen LogP contribution in [0, 0.1) is 0 Å². The Morgan fingerprint density at radius 2 is 1.85 bits per heavy atom. The molecular formula is C14H13Cl2N3O. The van der Waals surface area contributed by atoms with Gasteiger partial charge in [0.1, 0.15) is 5.15 Å². The van der Waals surface area contributed by atoms with Crippen molar-refractivity contribution in [2.45, 2.75) is 0 Å². The first-order valence-electron chi connectivity index (χ1n) is 5.87. The maximum absolute atomic E-state index is 12.0. The highest BCUT2D eigenvalue weighted by Gasteiger charge is 2.09. The van der Waals surface area contributed by atoms with Crippen molar-refractivity contribution < 1.29 is 4.79 Å². The number of nitrogens with zero attached hydrogens (tertiary/aromatic N) is 2. The Kier molecular flexibility index (Phi) is 4.47. The summed E-state index contributed by atoms with van der Waals surface area (Å²) in [7, 11) is 3.91. The van der Waals surface area contributed by atoms with E-state index < -0.39 is 0 Å². The van der Waals surface area contributed by atoms with E-state index in [4.69, 9.17) is 23.2 Å². The molecule has 0 radical (unpaired) electrons. The van der Waals surface area contributed by atoms with Gasteiger partial charge in [-0.3, -0.25) is 4.79 Å². The van der Waals surface area contributed by atoms with Crippen LogP contribution in [0.5, 0.6) is 0 Å². The average Bonchev–Trinajstić information content (AvgIpc) is 2.42.